The van der Waals surface area contributed by atoms with Crippen LogP contribution in [0.15, 0.2) is 36.4 Å². The Morgan fingerprint density at radius 3 is 2.41 bits per heavy atom. The molecule has 3 nitrogen and oxygen atoms in total. The van der Waals surface area contributed by atoms with Crippen molar-refractivity contribution in [3.8, 4) is 0 Å². The van der Waals surface area contributed by atoms with Gasteiger partial charge in [0, 0.05) is 11.8 Å². The number of aryl methyl sites for hydroxylation is 1. The summed E-state index contributed by atoms with van der Waals surface area (Å²) >= 11 is 0. The van der Waals surface area contributed by atoms with Crippen molar-refractivity contribution >= 4 is 17.3 Å². The van der Waals surface area contributed by atoms with E-state index in [1.54, 1.807) is 26.0 Å². The van der Waals surface area contributed by atoms with E-state index in [9.17, 15) is 18.0 Å². The lowest BCUT2D eigenvalue weighted by Crippen LogP contribution is -2.32. The highest BCUT2D eigenvalue weighted by atomic mass is 19.1. The second kappa shape index (κ2) is 6.51. The van der Waals surface area contributed by atoms with Gasteiger partial charge >= 0.3 is 0 Å². The number of hydrogen-bond acceptors (Lipinski definition) is 2. The Labute approximate surface area is 126 Å². The SMILES string of the molecule is Cc1ccc(NC(C)C(=O)Nc2ccc(F)cc2F)cc1F. The fraction of sp³-hybridized carbons (Fsp3) is 0.188. The number of halogens is 3. The van der Waals surface area contributed by atoms with Crippen molar-refractivity contribution < 1.29 is 18.0 Å². The Kier molecular flexibility index (Phi) is 4.70. The van der Waals surface area contributed by atoms with E-state index in [0.29, 0.717) is 17.3 Å². The summed E-state index contributed by atoms with van der Waals surface area (Å²) in [5, 5.41) is 5.16. The monoisotopic (exact) mass is 308 g/mol. The molecule has 0 heterocycles. The van der Waals surface area contributed by atoms with Crippen LogP contribution in [0.25, 0.3) is 0 Å². The lowest BCUT2D eigenvalue weighted by molar-refractivity contribution is -0.116. The summed E-state index contributed by atoms with van der Waals surface area (Å²) in [4.78, 5) is 12.0. The first kappa shape index (κ1) is 15.9. The summed E-state index contributed by atoms with van der Waals surface area (Å²) in [6.07, 6.45) is 0. The Morgan fingerprint density at radius 2 is 1.77 bits per heavy atom. The molecule has 1 atom stereocenters. The van der Waals surface area contributed by atoms with Gasteiger partial charge in [-0.1, -0.05) is 6.07 Å². The number of amides is 1. The van der Waals surface area contributed by atoms with Crippen LogP contribution >= 0.6 is 0 Å². The normalized spacial score (nSPS) is 11.9. The number of hydrogen-bond donors (Lipinski definition) is 2. The summed E-state index contributed by atoms with van der Waals surface area (Å²) in [6, 6.07) is 6.64. The molecule has 2 N–H and O–H groups in total. The van der Waals surface area contributed by atoms with Crippen molar-refractivity contribution in [2.45, 2.75) is 19.9 Å². The summed E-state index contributed by atoms with van der Waals surface area (Å²) in [6.45, 7) is 3.18. The standard InChI is InChI=1S/C16H15F3N2O/c1-9-3-5-12(8-13(9)18)20-10(2)16(22)21-15-6-4-11(17)7-14(15)19/h3-8,10,20H,1-2H3,(H,21,22). The van der Waals surface area contributed by atoms with Crippen LogP contribution in [0.1, 0.15) is 12.5 Å². The van der Waals surface area contributed by atoms with Gasteiger partial charge in [-0.25, -0.2) is 13.2 Å². The maximum absolute atomic E-state index is 13.5. The van der Waals surface area contributed by atoms with Crippen molar-refractivity contribution in [1.82, 2.24) is 0 Å². The fourth-order valence-electron chi connectivity index (χ4n) is 1.83. The van der Waals surface area contributed by atoms with Crippen LogP contribution in [0.3, 0.4) is 0 Å². The molecule has 22 heavy (non-hydrogen) atoms. The molecular weight excluding hydrogens is 293 g/mol. The summed E-state index contributed by atoms with van der Waals surface area (Å²) in [5.74, 6) is -2.49. The fourth-order valence-corrected chi connectivity index (χ4v) is 1.83. The van der Waals surface area contributed by atoms with Gasteiger partial charge in [0.05, 0.1) is 5.69 Å². The molecule has 2 rings (SSSR count). The molecule has 2 aromatic rings. The maximum atomic E-state index is 13.5. The third-order valence-electron chi connectivity index (χ3n) is 3.14. The molecule has 116 valence electrons. The predicted molar refractivity (Wildman–Crippen MR) is 79.2 cm³/mol. The van der Waals surface area contributed by atoms with Crippen LogP contribution in [0, 0.1) is 24.4 Å². The van der Waals surface area contributed by atoms with Crippen LogP contribution in [-0.2, 0) is 4.79 Å². The van der Waals surface area contributed by atoms with Crippen molar-refractivity contribution in [2.24, 2.45) is 0 Å². The minimum Gasteiger partial charge on any atom is -0.374 e. The number of carbonyl (C=O) groups excluding carboxylic acids is 1. The van der Waals surface area contributed by atoms with Gasteiger partial charge < -0.3 is 10.6 Å². The molecule has 2 aromatic carbocycles. The molecule has 0 spiro atoms. The summed E-state index contributed by atoms with van der Waals surface area (Å²) in [5.41, 5.74) is 0.816. The van der Waals surface area contributed by atoms with Crippen molar-refractivity contribution in [1.29, 1.82) is 0 Å². The zero-order chi connectivity index (χ0) is 16.3. The highest BCUT2D eigenvalue weighted by Gasteiger charge is 2.15. The molecule has 0 aromatic heterocycles. The summed E-state index contributed by atoms with van der Waals surface area (Å²) in [7, 11) is 0. The first-order chi connectivity index (χ1) is 10.4. The van der Waals surface area contributed by atoms with Gasteiger partial charge in [-0.05, 0) is 43.7 Å². The van der Waals surface area contributed by atoms with Crippen LogP contribution in [0.2, 0.25) is 0 Å². The van der Waals surface area contributed by atoms with E-state index in [-0.39, 0.29) is 11.5 Å². The molecule has 0 radical (unpaired) electrons. The second-order valence-electron chi connectivity index (χ2n) is 4.94. The van der Waals surface area contributed by atoms with E-state index in [0.717, 1.165) is 12.1 Å². The van der Waals surface area contributed by atoms with Crippen molar-refractivity contribution in [3.05, 3.63) is 59.4 Å². The Balaban J connectivity index is 2.04. The molecule has 0 aliphatic carbocycles. The lowest BCUT2D eigenvalue weighted by atomic mass is 10.2. The molecule has 6 heteroatoms. The van der Waals surface area contributed by atoms with Gasteiger partial charge in [0.15, 0.2) is 0 Å². The molecule has 0 saturated carbocycles. The average Bonchev–Trinajstić information content (AvgIpc) is 2.45. The van der Waals surface area contributed by atoms with Crippen LogP contribution in [-0.4, -0.2) is 11.9 Å². The number of rotatable bonds is 4. The molecule has 0 bridgehead atoms. The molecule has 0 aliphatic heterocycles. The van der Waals surface area contributed by atoms with Gasteiger partial charge in [0.1, 0.15) is 23.5 Å². The summed E-state index contributed by atoms with van der Waals surface area (Å²) < 4.78 is 39.7. The van der Waals surface area contributed by atoms with E-state index < -0.39 is 23.6 Å². The largest absolute Gasteiger partial charge is 0.374 e. The van der Waals surface area contributed by atoms with E-state index in [1.807, 2.05) is 0 Å². The Hall–Kier alpha value is -2.50. The smallest absolute Gasteiger partial charge is 0.246 e. The third-order valence-corrected chi connectivity index (χ3v) is 3.14. The zero-order valence-corrected chi connectivity index (χ0v) is 12.1. The zero-order valence-electron chi connectivity index (χ0n) is 12.1. The maximum Gasteiger partial charge on any atom is 0.246 e. The van der Waals surface area contributed by atoms with E-state index in [1.165, 1.54) is 6.07 Å². The molecule has 0 aliphatic rings. The molecule has 1 amide bonds. The average molecular weight is 308 g/mol. The van der Waals surface area contributed by atoms with Crippen molar-refractivity contribution in [3.63, 3.8) is 0 Å². The minimum atomic E-state index is -0.859. The Morgan fingerprint density at radius 1 is 1.05 bits per heavy atom. The van der Waals surface area contributed by atoms with Gasteiger partial charge in [-0.2, -0.15) is 0 Å². The Bertz CT molecular complexity index is 704. The van der Waals surface area contributed by atoms with Gasteiger partial charge in [0.2, 0.25) is 5.91 Å². The van der Waals surface area contributed by atoms with Gasteiger partial charge in [-0.15, -0.1) is 0 Å². The molecule has 0 fully saturated rings. The first-order valence-corrected chi connectivity index (χ1v) is 6.65. The topological polar surface area (TPSA) is 41.1 Å². The highest BCUT2D eigenvalue weighted by molar-refractivity contribution is 5.96. The van der Waals surface area contributed by atoms with E-state index >= 15 is 0 Å². The van der Waals surface area contributed by atoms with Crippen molar-refractivity contribution in [2.75, 3.05) is 10.6 Å². The lowest BCUT2D eigenvalue weighted by Gasteiger charge is -2.16. The van der Waals surface area contributed by atoms with Gasteiger partial charge in [-0.3, -0.25) is 4.79 Å². The van der Waals surface area contributed by atoms with E-state index in [4.69, 9.17) is 0 Å². The first-order valence-electron chi connectivity index (χ1n) is 6.65. The number of benzene rings is 2. The minimum absolute atomic E-state index is 0.116. The highest BCUT2D eigenvalue weighted by Crippen LogP contribution is 2.17. The number of carbonyl (C=O) groups is 1. The van der Waals surface area contributed by atoms with Crippen LogP contribution in [0.5, 0.6) is 0 Å². The molecular formula is C16H15F3N2O. The second-order valence-corrected chi connectivity index (χ2v) is 4.94. The number of anilines is 2. The van der Waals surface area contributed by atoms with Crippen LogP contribution in [0.4, 0.5) is 24.5 Å². The van der Waals surface area contributed by atoms with Gasteiger partial charge in [0.25, 0.3) is 0 Å². The predicted octanol–water partition coefficient (Wildman–Crippen LogP) is 3.85. The van der Waals surface area contributed by atoms with E-state index in [2.05, 4.69) is 10.6 Å². The quantitative estimate of drug-likeness (QED) is 0.900. The number of nitrogens with one attached hydrogen (secondary N) is 2. The molecule has 1 unspecified atom stereocenters. The van der Waals surface area contributed by atoms with Crippen LogP contribution < -0.4 is 10.6 Å². The molecule has 0 saturated heterocycles. The third kappa shape index (κ3) is 3.78.